The number of hydrogen-bond acceptors (Lipinski definition) is 8. The second-order valence-corrected chi connectivity index (χ2v) is 6.63. The van der Waals surface area contributed by atoms with E-state index in [1.165, 1.54) is 0 Å². The van der Waals surface area contributed by atoms with Crippen LogP contribution >= 0.6 is 11.8 Å². The van der Waals surface area contributed by atoms with Gasteiger partial charge in [0, 0.05) is 50.1 Å². The van der Waals surface area contributed by atoms with Gasteiger partial charge in [0.05, 0.1) is 13.2 Å². The van der Waals surface area contributed by atoms with Crippen LogP contribution in [0.4, 0.5) is 11.9 Å². The highest BCUT2D eigenvalue weighted by Crippen LogP contribution is 2.20. The first-order chi connectivity index (χ1) is 11.4. The maximum atomic E-state index is 5.43. The van der Waals surface area contributed by atoms with E-state index in [9.17, 15) is 0 Å². The van der Waals surface area contributed by atoms with E-state index in [0.29, 0.717) is 19.2 Å². The average molecular weight is 333 g/mol. The number of imidazole rings is 1. The van der Waals surface area contributed by atoms with Crippen molar-refractivity contribution in [2.45, 2.75) is 0 Å². The molecule has 8 nitrogen and oxygen atoms in total. The van der Waals surface area contributed by atoms with Crippen LogP contribution in [0.2, 0.25) is 0 Å². The predicted octanol–water partition coefficient (Wildman–Crippen LogP) is 0.447. The summed E-state index contributed by atoms with van der Waals surface area (Å²) in [5.74, 6) is 4.32. The molecule has 0 aromatic carbocycles. The summed E-state index contributed by atoms with van der Waals surface area (Å²) in [6.07, 6.45) is 5.30. The van der Waals surface area contributed by atoms with Crippen molar-refractivity contribution < 1.29 is 4.74 Å². The number of nitrogens with zero attached hydrogens (tertiary/aromatic N) is 7. The summed E-state index contributed by atoms with van der Waals surface area (Å²) in [4.78, 5) is 22.5. The lowest BCUT2D eigenvalue weighted by Gasteiger charge is -2.30. The lowest BCUT2D eigenvalue weighted by atomic mass is 10.4. The highest BCUT2D eigenvalue weighted by molar-refractivity contribution is 7.99. The van der Waals surface area contributed by atoms with Gasteiger partial charge in [-0.15, -0.1) is 0 Å². The third-order valence-electron chi connectivity index (χ3n) is 3.92. The molecule has 0 radical (unpaired) electrons. The number of morpholine rings is 1. The molecular weight excluding hydrogens is 314 g/mol. The molecule has 0 aliphatic carbocycles. The molecule has 2 aromatic rings. The van der Waals surface area contributed by atoms with Crippen molar-refractivity contribution in [1.29, 1.82) is 0 Å². The van der Waals surface area contributed by atoms with Crippen LogP contribution in [0, 0.1) is 0 Å². The largest absolute Gasteiger partial charge is 0.378 e. The molecule has 122 valence electrons. The van der Waals surface area contributed by atoms with Crippen molar-refractivity contribution in [3.8, 4) is 5.95 Å². The molecule has 4 heterocycles. The van der Waals surface area contributed by atoms with Crippen molar-refractivity contribution in [1.82, 2.24) is 24.5 Å². The molecule has 0 saturated carbocycles. The van der Waals surface area contributed by atoms with Crippen LogP contribution in [0.3, 0.4) is 0 Å². The summed E-state index contributed by atoms with van der Waals surface area (Å²) >= 11 is 1.97. The minimum Gasteiger partial charge on any atom is -0.378 e. The van der Waals surface area contributed by atoms with Gasteiger partial charge in [0.25, 0.3) is 0 Å². The maximum Gasteiger partial charge on any atom is 0.241 e. The lowest BCUT2D eigenvalue weighted by molar-refractivity contribution is 0.122. The van der Waals surface area contributed by atoms with Crippen molar-refractivity contribution in [2.75, 3.05) is 60.7 Å². The first-order valence-electron chi connectivity index (χ1n) is 7.80. The summed E-state index contributed by atoms with van der Waals surface area (Å²) in [5, 5.41) is 0. The Morgan fingerprint density at radius 1 is 0.870 bits per heavy atom. The fourth-order valence-corrected chi connectivity index (χ4v) is 3.55. The molecule has 0 bridgehead atoms. The normalized spacial score (nSPS) is 19.1. The highest BCUT2D eigenvalue weighted by atomic mass is 32.2. The smallest absolute Gasteiger partial charge is 0.241 e. The minimum atomic E-state index is 0.618. The lowest BCUT2D eigenvalue weighted by Crippen LogP contribution is -2.39. The summed E-state index contributed by atoms with van der Waals surface area (Å²) < 4.78 is 7.26. The van der Waals surface area contributed by atoms with E-state index < -0.39 is 0 Å². The average Bonchev–Trinajstić information content (AvgIpc) is 3.18. The third kappa shape index (κ3) is 3.25. The van der Waals surface area contributed by atoms with Crippen LogP contribution in [0.5, 0.6) is 0 Å². The molecule has 2 aliphatic heterocycles. The van der Waals surface area contributed by atoms with Gasteiger partial charge in [0.15, 0.2) is 0 Å². The number of rotatable bonds is 3. The zero-order chi connectivity index (χ0) is 15.5. The fourth-order valence-electron chi connectivity index (χ4n) is 2.65. The van der Waals surface area contributed by atoms with E-state index in [-0.39, 0.29) is 0 Å². The molecule has 2 aliphatic rings. The summed E-state index contributed by atoms with van der Waals surface area (Å²) in [6.45, 7) is 4.98. The van der Waals surface area contributed by atoms with E-state index in [4.69, 9.17) is 9.72 Å². The van der Waals surface area contributed by atoms with Gasteiger partial charge in [-0.05, 0) is 0 Å². The third-order valence-corrected chi connectivity index (χ3v) is 4.87. The number of aromatic nitrogens is 5. The van der Waals surface area contributed by atoms with Crippen LogP contribution in [0.25, 0.3) is 5.95 Å². The Bertz CT molecular complexity index is 602. The van der Waals surface area contributed by atoms with Gasteiger partial charge in [0.2, 0.25) is 17.8 Å². The van der Waals surface area contributed by atoms with Gasteiger partial charge >= 0.3 is 0 Å². The van der Waals surface area contributed by atoms with Gasteiger partial charge in [0.1, 0.15) is 6.33 Å². The molecule has 2 fully saturated rings. The second kappa shape index (κ2) is 6.71. The van der Waals surface area contributed by atoms with E-state index >= 15 is 0 Å². The zero-order valence-electron chi connectivity index (χ0n) is 12.8. The van der Waals surface area contributed by atoms with Gasteiger partial charge in [-0.3, -0.25) is 4.57 Å². The second-order valence-electron chi connectivity index (χ2n) is 5.40. The number of thioether (sulfide) groups is 1. The molecule has 0 amide bonds. The van der Waals surface area contributed by atoms with Gasteiger partial charge < -0.3 is 14.5 Å². The Labute approximate surface area is 138 Å². The SMILES string of the molecule is c1cn(-c2nc(N3CCOCC3)nc(N3CCSCC3)n2)cn1. The van der Waals surface area contributed by atoms with Gasteiger partial charge in [-0.2, -0.15) is 26.7 Å². The molecule has 0 spiro atoms. The standard InChI is InChI=1S/C14H19N7OS/c1-2-21(11-15-1)14-17-12(19-3-7-22-8-4-19)16-13(18-14)20-5-9-23-10-6-20/h1-2,11H,3-10H2. The van der Waals surface area contributed by atoms with E-state index in [1.807, 2.05) is 22.5 Å². The molecule has 4 rings (SSSR count). The van der Waals surface area contributed by atoms with Crippen LogP contribution in [-0.2, 0) is 4.74 Å². The first-order valence-corrected chi connectivity index (χ1v) is 8.95. The van der Waals surface area contributed by atoms with Crippen molar-refractivity contribution in [3.63, 3.8) is 0 Å². The Morgan fingerprint density at radius 2 is 1.52 bits per heavy atom. The van der Waals surface area contributed by atoms with Crippen molar-refractivity contribution >= 4 is 23.7 Å². The molecule has 0 N–H and O–H groups in total. The van der Waals surface area contributed by atoms with Crippen LogP contribution in [0.15, 0.2) is 18.7 Å². The summed E-state index contributed by atoms with van der Waals surface area (Å²) in [5.41, 5.74) is 0. The number of ether oxygens (including phenoxy) is 1. The summed E-state index contributed by atoms with van der Waals surface area (Å²) in [7, 11) is 0. The van der Waals surface area contributed by atoms with Crippen molar-refractivity contribution in [2.24, 2.45) is 0 Å². The van der Waals surface area contributed by atoms with Crippen LogP contribution in [-0.4, -0.2) is 75.4 Å². The number of hydrogen-bond donors (Lipinski definition) is 0. The fraction of sp³-hybridized carbons (Fsp3) is 0.571. The minimum absolute atomic E-state index is 0.618. The quantitative estimate of drug-likeness (QED) is 0.802. The first kappa shape index (κ1) is 14.7. The molecule has 0 unspecified atom stereocenters. The predicted molar refractivity (Wildman–Crippen MR) is 89.5 cm³/mol. The Hall–Kier alpha value is -1.87. The molecule has 0 atom stereocenters. The van der Waals surface area contributed by atoms with Gasteiger partial charge in [-0.1, -0.05) is 0 Å². The maximum absolute atomic E-state index is 5.43. The zero-order valence-corrected chi connectivity index (χ0v) is 13.7. The number of anilines is 2. The van der Waals surface area contributed by atoms with E-state index in [0.717, 1.165) is 49.6 Å². The van der Waals surface area contributed by atoms with Crippen molar-refractivity contribution in [3.05, 3.63) is 18.7 Å². The topological polar surface area (TPSA) is 72.2 Å². The van der Waals surface area contributed by atoms with Gasteiger partial charge in [-0.25, -0.2) is 4.98 Å². The highest BCUT2D eigenvalue weighted by Gasteiger charge is 2.20. The monoisotopic (exact) mass is 333 g/mol. The van der Waals surface area contributed by atoms with Crippen LogP contribution < -0.4 is 9.80 Å². The summed E-state index contributed by atoms with van der Waals surface area (Å²) in [6, 6.07) is 0. The van der Waals surface area contributed by atoms with E-state index in [2.05, 4.69) is 24.8 Å². The Kier molecular flexibility index (Phi) is 4.29. The molecule has 2 saturated heterocycles. The molecule has 2 aromatic heterocycles. The van der Waals surface area contributed by atoms with E-state index in [1.54, 1.807) is 12.5 Å². The Morgan fingerprint density at radius 3 is 2.17 bits per heavy atom. The molecule has 9 heteroatoms. The molecular formula is C14H19N7OS. The molecule has 23 heavy (non-hydrogen) atoms. The Balaban J connectivity index is 1.70. The van der Waals surface area contributed by atoms with Crippen LogP contribution in [0.1, 0.15) is 0 Å².